The highest BCUT2D eigenvalue weighted by molar-refractivity contribution is 7.91. The molecule has 0 aliphatic carbocycles. The van der Waals surface area contributed by atoms with Gasteiger partial charge in [-0.2, -0.15) is 18.4 Å². The van der Waals surface area contributed by atoms with Gasteiger partial charge in [-0.25, -0.2) is 22.8 Å². The van der Waals surface area contributed by atoms with E-state index in [4.69, 9.17) is 0 Å². The largest absolute Gasteiger partial charge is 0.419 e. The third kappa shape index (κ3) is 6.19. The highest BCUT2D eigenvalue weighted by Gasteiger charge is 2.37. The lowest BCUT2D eigenvalue weighted by atomic mass is 10.0. The van der Waals surface area contributed by atoms with Gasteiger partial charge in [0.1, 0.15) is 21.5 Å². The van der Waals surface area contributed by atoms with Gasteiger partial charge in [0.15, 0.2) is 5.65 Å². The summed E-state index contributed by atoms with van der Waals surface area (Å²) in [6.45, 7) is 1.59. The maximum Gasteiger partial charge on any atom is 0.419 e. The molecule has 1 amide bonds. The average molecular weight is 628 g/mol. The predicted octanol–water partition coefficient (Wildman–Crippen LogP) is 4.52. The van der Waals surface area contributed by atoms with E-state index in [1.807, 2.05) is 6.07 Å². The number of amides is 1. The molecule has 0 saturated carbocycles. The van der Waals surface area contributed by atoms with Crippen LogP contribution in [0.2, 0.25) is 0 Å². The number of hydrogen-bond donors (Lipinski definition) is 0. The summed E-state index contributed by atoms with van der Waals surface area (Å²) in [7, 11) is -3.36. The molecule has 1 atom stereocenters. The van der Waals surface area contributed by atoms with Gasteiger partial charge < -0.3 is 4.90 Å². The number of sulfone groups is 1. The molecule has 14 heteroatoms. The number of carbonyl (C=O) groups is 1. The number of benzene rings is 2. The van der Waals surface area contributed by atoms with Crippen molar-refractivity contribution >= 4 is 26.8 Å². The van der Waals surface area contributed by atoms with E-state index < -0.39 is 57.4 Å². The van der Waals surface area contributed by atoms with E-state index in [0.717, 1.165) is 6.07 Å². The zero-order valence-corrected chi connectivity index (χ0v) is 24.1. The van der Waals surface area contributed by atoms with Crippen LogP contribution in [0.5, 0.6) is 0 Å². The van der Waals surface area contributed by atoms with Gasteiger partial charge in [0.25, 0.3) is 5.56 Å². The highest BCUT2D eigenvalue weighted by Crippen LogP contribution is 2.33. The molecule has 2 aromatic heterocycles. The van der Waals surface area contributed by atoms with Gasteiger partial charge in [0.05, 0.1) is 52.2 Å². The summed E-state index contributed by atoms with van der Waals surface area (Å²) in [5.41, 5.74) is -1.35. The Morgan fingerprint density at radius 2 is 1.82 bits per heavy atom. The fourth-order valence-electron chi connectivity index (χ4n) is 5.43. The fourth-order valence-corrected chi connectivity index (χ4v) is 6.90. The summed E-state index contributed by atoms with van der Waals surface area (Å²) in [5.74, 6) is -2.49. The van der Waals surface area contributed by atoms with Crippen LogP contribution >= 0.6 is 0 Å². The van der Waals surface area contributed by atoms with Crippen molar-refractivity contribution < 1.29 is 30.8 Å². The van der Waals surface area contributed by atoms with Gasteiger partial charge in [0, 0.05) is 12.2 Å². The zero-order valence-electron chi connectivity index (χ0n) is 23.3. The Balaban J connectivity index is 1.64. The standard InChI is InChI=1S/C30H25F4N5O4S/c1-18(28-37-27-23(3-2-12-36-27)29(41)39(28)21-7-4-19(17-35)5-8-21)38(22-10-13-44(42,43)14-11-22)26(40)16-20-6-9-25(31)24(15-20)30(32,33)34/h2-9,12,15,18,22H,10-11,13-14,16H2,1H3/t18-/m1/s1. The molecule has 0 spiro atoms. The zero-order chi connectivity index (χ0) is 31.8. The molecule has 1 aliphatic heterocycles. The quantitative estimate of drug-likeness (QED) is 0.288. The van der Waals surface area contributed by atoms with Crippen molar-refractivity contribution in [3.8, 4) is 11.8 Å². The summed E-state index contributed by atoms with van der Waals surface area (Å²) < 4.78 is 79.9. The van der Waals surface area contributed by atoms with Crippen molar-refractivity contribution in [3.05, 3.63) is 99.5 Å². The molecular formula is C30H25F4N5O4S. The lowest BCUT2D eigenvalue weighted by Gasteiger charge is -2.39. The van der Waals surface area contributed by atoms with Gasteiger partial charge in [0.2, 0.25) is 5.91 Å². The van der Waals surface area contributed by atoms with Crippen molar-refractivity contribution in [3.63, 3.8) is 0 Å². The van der Waals surface area contributed by atoms with E-state index in [0.29, 0.717) is 23.4 Å². The Morgan fingerprint density at radius 1 is 1.14 bits per heavy atom. The molecule has 4 aromatic rings. The van der Waals surface area contributed by atoms with Gasteiger partial charge >= 0.3 is 6.18 Å². The van der Waals surface area contributed by atoms with Crippen molar-refractivity contribution in [1.29, 1.82) is 5.26 Å². The summed E-state index contributed by atoms with van der Waals surface area (Å²) in [4.78, 5) is 37.9. The van der Waals surface area contributed by atoms with Crippen LogP contribution in [-0.4, -0.2) is 51.3 Å². The molecule has 0 radical (unpaired) electrons. The van der Waals surface area contributed by atoms with Gasteiger partial charge in [-0.15, -0.1) is 0 Å². The molecule has 0 N–H and O–H groups in total. The number of carbonyl (C=O) groups excluding carboxylic acids is 1. The molecule has 1 aliphatic rings. The average Bonchev–Trinajstić information content (AvgIpc) is 2.98. The van der Waals surface area contributed by atoms with Gasteiger partial charge in [-0.05, 0) is 73.9 Å². The minimum absolute atomic E-state index is 0.0581. The molecule has 44 heavy (non-hydrogen) atoms. The van der Waals surface area contributed by atoms with Crippen LogP contribution in [0.15, 0.2) is 65.6 Å². The molecule has 0 unspecified atom stereocenters. The third-order valence-corrected chi connectivity index (χ3v) is 9.33. The van der Waals surface area contributed by atoms with E-state index in [9.17, 15) is 40.8 Å². The minimum atomic E-state index is -4.98. The van der Waals surface area contributed by atoms with E-state index >= 15 is 0 Å². The maximum absolute atomic E-state index is 14.0. The number of fused-ring (bicyclic) bond motifs is 1. The van der Waals surface area contributed by atoms with Gasteiger partial charge in [-0.3, -0.25) is 14.2 Å². The normalized spacial score (nSPS) is 15.9. The van der Waals surface area contributed by atoms with Crippen molar-refractivity contribution in [2.45, 2.75) is 44.4 Å². The molecule has 1 fully saturated rings. The molecular weight excluding hydrogens is 602 g/mol. The Morgan fingerprint density at radius 3 is 2.45 bits per heavy atom. The maximum atomic E-state index is 14.0. The number of pyridine rings is 1. The van der Waals surface area contributed by atoms with Crippen LogP contribution in [0.1, 0.15) is 48.3 Å². The summed E-state index contributed by atoms with van der Waals surface area (Å²) in [5, 5.41) is 9.42. The first-order valence-corrected chi connectivity index (χ1v) is 15.4. The topological polar surface area (TPSA) is 126 Å². The number of nitriles is 1. The number of rotatable bonds is 6. The Labute approximate surface area is 249 Å². The van der Waals surface area contributed by atoms with Crippen molar-refractivity contribution in [2.75, 3.05) is 11.5 Å². The van der Waals surface area contributed by atoms with Crippen LogP contribution in [-0.2, 0) is 27.2 Å². The van der Waals surface area contributed by atoms with Crippen LogP contribution in [0.3, 0.4) is 0 Å². The summed E-state index contributed by atoms with van der Waals surface area (Å²) >= 11 is 0. The van der Waals surface area contributed by atoms with Crippen LogP contribution in [0, 0.1) is 17.1 Å². The molecule has 228 valence electrons. The van der Waals surface area contributed by atoms with Crippen LogP contribution < -0.4 is 5.56 Å². The van der Waals surface area contributed by atoms with E-state index in [1.165, 1.54) is 46.0 Å². The molecule has 1 saturated heterocycles. The van der Waals surface area contributed by atoms with Crippen molar-refractivity contribution in [1.82, 2.24) is 19.4 Å². The van der Waals surface area contributed by atoms with E-state index in [1.54, 1.807) is 13.0 Å². The van der Waals surface area contributed by atoms with Crippen LogP contribution in [0.25, 0.3) is 16.7 Å². The number of aromatic nitrogens is 3. The summed E-state index contributed by atoms with van der Waals surface area (Å²) in [6, 6.07) is 11.8. The predicted molar refractivity (Wildman–Crippen MR) is 152 cm³/mol. The SMILES string of the molecule is C[C@H](c1nc2ncccc2c(=O)n1-c1ccc(C#N)cc1)N(C(=O)Cc1ccc(F)c(C(F)(F)F)c1)C1CCS(=O)(=O)CC1. The molecule has 0 bridgehead atoms. The van der Waals surface area contributed by atoms with Gasteiger partial charge in [-0.1, -0.05) is 6.07 Å². The third-order valence-electron chi connectivity index (χ3n) is 7.61. The lowest BCUT2D eigenvalue weighted by Crippen LogP contribution is -2.47. The highest BCUT2D eigenvalue weighted by atomic mass is 32.2. The molecule has 2 aromatic carbocycles. The first kappa shape index (κ1) is 30.8. The van der Waals surface area contributed by atoms with E-state index in [2.05, 4.69) is 9.97 Å². The van der Waals surface area contributed by atoms with Crippen LogP contribution in [0.4, 0.5) is 17.6 Å². The number of nitrogens with zero attached hydrogens (tertiary/aromatic N) is 5. The summed E-state index contributed by atoms with van der Waals surface area (Å²) in [6.07, 6.45) is -3.97. The minimum Gasteiger partial charge on any atom is -0.329 e. The van der Waals surface area contributed by atoms with Crippen molar-refractivity contribution in [2.24, 2.45) is 0 Å². The number of alkyl halides is 3. The number of halogens is 4. The Bertz CT molecular complexity index is 1940. The second-order valence-corrected chi connectivity index (χ2v) is 12.8. The van der Waals surface area contributed by atoms with E-state index in [-0.39, 0.29) is 46.8 Å². The monoisotopic (exact) mass is 627 g/mol. The smallest absolute Gasteiger partial charge is 0.329 e. The molecule has 9 nitrogen and oxygen atoms in total. The number of hydrogen-bond acceptors (Lipinski definition) is 7. The molecule has 5 rings (SSSR count). The fraction of sp³-hybridized carbons (Fsp3) is 0.300. The Kier molecular flexibility index (Phi) is 8.26. The first-order chi connectivity index (χ1) is 20.8. The lowest BCUT2D eigenvalue weighted by molar-refractivity contribution is -0.140. The second kappa shape index (κ2) is 11.8. The Hall–Kier alpha value is -4.64. The molecule has 3 heterocycles. The first-order valence-electron chi connectivity index (χ1n) is 13.5. The second-order valence-electron chi connectivity index (χ2n) is 10.5.